The van der Waals surface area contributed by atoms with Crippen LogP contribution in [0.25, 0.3) is 0 Å². The number of nitro groups is 1. The van der Waals surface area contributed by atoms with Gasteiger partial charge >= 0.3 is 0 Å². The van der Waals surface area contributed by atoms with Crippen LogP contribution >= 0.6 is 11.6 Å². The Morgan fingerprint density at radius 1 is 0.903 bits per heavy atom. The molecule has 0 aliphatic carbocycles. The van der Waals surface area contributed by atoms with E-state index in [1.165, 1.54) is 24.3 Å². The summed E-state index contributed by atoms with van der Waals surface area (Å²) in [6.45, 7) is 0.571. The van der Waals surface area contributed by atoms with E-state index in [1.807, 2.05) is 0 Å². The lowest BCUT2D eigenvalue weighted by atomic mass is 10.2. The molecule has 13 heteroatoms. The fourth-order valence-electron chi connectivity index (χ4n) is 2.89. The van der Waals surface area contributed by atoms with Gasteiger partial charge in [0.1, 0.15) is 10.9 Å². The molecule has 1 heterocycles. The number of aliphatic imine (C=N–C) groups is 1. The van der Waals surface area contributed by atoms with Crippen LogP contribution in [0.4, 0.5) is 11.4 Å². The van der Waals surface area contributed by atoms with E-state index in [-0.39, 0.29) is 20.5 Å². The Bertz CT molecular complexity index is 1230. The van der Waals surface area contributed by atoms with Gasteiger partial charge in [-0.15, -0.1) is 0 Å². The zero-order valence-corrected chi connectivity index (χ0v) is 18.5. The second kappa shape index (κ2) is 9.20. The first kappa shape index (κ1) is 23.0. The number of nitro benzene ring substituents is 1. The molecule has 10 nitrogen and oxygen atoms in total. The lowest BCUT2D eigenvalue weighted by Crippen LogP contribution is -2.30. The molecule has 0 bridgehead atoms. The molecule has 2 N–H and O–H groups in total. The van der Waals surface area contributed by atoms with Crippen LogP contribution in [0.2, 0.25) is 5.02 Å². The van der Waals surface area contributed by atoms with Crippen LogP contribution in [0.3, 0.4) is 0 Å². The highest BCUT2D eigenvalue weighted by Crippen LogP contribution is 2.28. The summed E-state index contributed by atoms with van der Waals surface area (Å²) in [5, 5.41) is 10.8. The summed E-state index contributed by atoms with van der Waals surface area (Å²) in [7, 11) is -8.01. The Hall–Kier alpha value is -2.70. The zero-order chi connectivity index (χ0) is 22.6. The number of benzene rings is 2. The zero-order valence-electron chi connectivity index (χ0n) is 16.1. The van der Waals surface area contributed by atoms with Gasteiger partial charge in [0.05, 0.1) is 14.7 Å². The van der Waals surface area contributed by atoms with Crippen molar-refractivity contribution in [3.05, 3.63) is 57.6 Å². The minimum Gasteiger partial charge on any atom is -0.280 e. The average molecular weight is 487 g/mol. The van der Waals surface area contributed by atoms with Crippen LogP contribution in [0.1, 0.15) is 25.7 Å². The lowest BCUT2D eigenvalue weighted by Gasteiger charge is -2.11. The molecular formula is C18H19ClN4O6S2. The normalized spacial score (nSPS) is 14.9. The Labute approximate surface area is 184 Å². The third kappa shape index (κ3) is 5.71. The van der Waals surface area contributed by atoms with Gasteiger partial charge in [0, 0.05) is 24.7 Å². The maximum Gasteiger partial charge on any atom is 0.289 e. The van der Waals surface area contributed by atoms with Gasteiger partial charge in [0.2, 0.25) is 0 Å². The van der Waals surface area contributed by atoms with Crippen molar-refractivity contribution in [2.75, 3.05) is 11.3 Å². The Balaban J connectivity index is 1.77. The van der Waals surface area contributed by atoms with Crippen LogP contribution < -0.4 is 9.44 Å². The molecule has 0 saturated heterocycles. The highest BCUT2D eigenvalue weighted by atomic mass is 35.5. The quantitative estimate of drug-likeness (QED) is 0.472. The summed E-state index contributed by atoms with van der Waals surface area (Å²) in [6, 6.07) is 8.17. The summed E-state index contributed by atoms with van der Waals surface area (Å²) in [6.07, 6.45) is 3.30. The van der Waals surface area contributed by atoms with Crippen molar-refractivity contribution >= 4 is 48.9 Å². The van der Waals surface area contributed by atoms with Gasteiger partial charge in [-0.2, -0.15) is 0 Å². The molecule has 0 atom stereocenters. The smallest absolute Gasteiger partial charge is 0.280 e. The first-order valence-corrected chi connectivity index (χ1v) is 12.6. The minimum atomic E-state index is -4.16. The summed E-state index contributed by atoms with van der Waals surface area (Å²) in [5.74, 6) is 0.409. The number of sulfonamides is 2. The molecule has 31 heavy (non-hydrogen) atoms. The van der Waals surface area contributed by atoms with Gasteiger partial charge in [-0.3, -0.25) is 24.6 Å². The van der Waals surface area contributed by atoms with E-state index < -0.39 is 30.7 Å². The second-order valence-electron chi connectivity index (χ2n) is 6.74. The van der Waals surface area contributed by atoms with Gasteiger partial charge in [-0.25, -0.2) is 16.8 Å². The number of amidine groups is 1. The molecule has 2 aromatic rings. The van der Waals surface area contributed by atoms with Crippen molar-refractivity contribution < 1.29 is 21.8 Å². The van der Waals surface area contributed by atoms with E-state index in [9.17, 15) is 26.9 Å². The third-order valence-electron chi connectivity index (χ3n) is 4.47. The summed E-state index contributed by atoms with van der Waals surface area (Å²) >= 11 is 5.71. The van der Waals surface area contributed by atoms with Crippen molar-refractivity contribution in [2.24, 2.45) is 4.99 Å². The number of hydrogen-bond donors (Lipinski definition) is 2. The maximum absolute atomic E-state index is 12.6. The Morgan fingerprint density at radius 3 is 2.23 bits per heavy atom. The van der Waals surface area contributed by atoms with Crippen LogP contribution in [0.5, 0.6) is 0 Å². The van der Waals surface area contributed by atoms with E-state index >= 15 is 0 Å². The molecule has 0 aromatic heterocycles. The molecule has 0 saturated carbocycles. The molecule has 3 rings (SSSR count). The molecule has 0 unspecified atom stereocenters. The summed E-state index contributed by atoms with van der Waals surface area (Å²) < 4.78 is 54.9. The fraction of sp³-hybridized carbons (Fsp3) is 0.278. The van der Waals surface area contributed by atoms with Crippen LogP contribution in [-0.2, 0) is 20.0 Å². The molecule has 0 spiro atoms. The van der Waals surface area contributed by atoms with Crippen LogP contribution in [-0.4, -0.2) is 34.1 Å². The predicted molar refractivity (Wildman–Crippen MR) is 116 cm³/mol. The molecule has 1 aliphatic heterocycles. The predicted octanol–water partition coefficient (Wildman–Crippen LogP) is 3.30. The standard InChI is InChI=1S/C18H19ClN4O6S2/c19-16-10-9-15(12-17(16)23(24)25)31(28,29)21-13-5-7-14(8-6-13)30(26,27)22-18-4-2-1-3-11-20-18/h5-10,12,21H,1-4,11H2,(H,20,22). The van der Waals surface area contributed by atoms with Gasteiger partial charge in [-0.1, -0.05) is 18.0 Å². The van der Waals surface area contributed by atoms with Crippen molar-refractivity contribution in [3.63, 3.8) is 0 Å². The average Bonchev–Trinajstić information content (AvgIpc) is 2.96. The molecular weight excluding hydrogens is 468 g/mol. The molecule has 0 fully saturated rings. The number of anilines is 1. The first-order valence-electron chi connectivity index (χ1n) is 9.21. The Kier molecular flexibility index (Phi) is 6.82. The number of rotatable bonds is 6. The largest absolute Gasteiger partial charge is 0.289 e. The van der Waals surface area contributed by atoms with Gasteiger partial charge in [-0.05, 0) is 49.2 Å². The number of halogens is 1. The topological polar surface area (TPSA) is 148 Å². The molecule has 166 valence electrons. The number of hydrogen-bond acceptors (Lipinski definition) is 7. The van der Waals surface area contributed by atoms with E-state index in [2.05, 4.69) is 14.4 Å². The summed E-state index contributed by atoms with van der Waals surface area (Å²) in [4.78, 5) is 14.0. The number of nitrogens with zero attached hydrogens (tertiary/aromatic N) is 2. The fourth-order valence-corrected chi connectivity index (χ4v) is 5.24. The van der Waals surface area contributed by atoms with Crippen molar-refractivity contribution in [1.82, 2.24) is 4.72 Å². The van der Waals surface area contributed by atoms with Crippen LogP contribution in [0.15, 0.2) is 57.2 Å². The second-order valence-corrected chi connectivity index (χ2v) is 10.5. The van der Waals surface area contributed by atoms with Crippen molar-refractivity contribution in [1.29, 1.82) is 0 Å². The molecule has 0 amide bonds. The van der Waals surface area contributed by atoms with Gasteiger partial charge in [0.25, 0.3) is 25.7 Å². The van der Waals surface area contributed by atoms with Crippen LogP contribution in [0, 0.1) is 10.1 Å². The Morgan fingerprint density at radius 2 is 1.55 bits per heavy atom. The monoisotopic (exact) mass is 486 g/mol. The highest BCUT2D eigenvalue weighted by Gasteiger charge is 2.22. The minimum absolute atomic E-state index is 0.0514. The van der Waals surface area contributed by atoms with Gasteiger partial charge < -0.3 is 0 Å². The van der Waals surface area contributed by atoms with Crippen molar-refractivity contribution in [3.8, 4) is 0 Å². The maximum atomic E-state index is 12.6. The molecule has 0 radical (unpaired) electrons. The molecule has 1 aliphatic rings. The summed E-state index contributed by atoms with van der Waals surface area (Å²) in [5.41, 5.74) is -0.457. The van der Waals surface area contributed by atoms with Gasteiger partial charge in [0.15, 0.2) is 0 Å². The van der Waals surface area contributed by atoms with E-state index in [0.717, 1.165) is 37.5 Å². The highest BCUT2D eigenvalue weighted by molar-refractivity contribution is 7.92. The SMILES string of the molecule is O=[N+]([O-])c1cc(S(=O)(=O)Nc2ccc(S(=O)(=O)NC3=NCCCCC3)cc2)ccc1Cl. The third-order valence-corrected chi connectivity index (χ3v) is 7.56. The molecule has 2 aromatic carbocycles. The van der Waals surface area contributed by atoms with Crippen molar-refractivity contribution in [2.45, 2.75) is 35.5 Å². The number of nitrogens with one attached hydrogen (secondary N) is 2. The first-order chi connectivity index (χ1) is 14.6. The van der Waals surface area contributed by atoms with E-state index in [0.29, 0.717) is 18.8 Å². The van der Waals surface area contributed by atoms with E-state index in [4.69, 9.17) is 11.6 Å². The van der Waals surface area contributed by atoms with E-state index in [1.54, 1.807) is 0 Å². The lowest BCUT2D eigenvalue weighted by molar-refractivity contribution is -0.384.